The number of nitrogens with one attached hydrogen (secondary N) is 1. The molecule has 0 aromatic heterocycles. The number of benzene rings is 2. The van der Waals surface area contributed by atoms with Crippen molar-refractivity contribution in [3.05, 3.63) is 59.7 Å². The van der Waals surface area contributed by atoms with Crippen molar-refractivity contribution >= 4 is 22.5 Å². The highest BCUT2D eigenvalue weighted by Crippen LogP contribution is 2.46. The van der Waals surface area contributed by atoms with Gasteiger partial charge in [0, 0.05) is 28.5 Å². The number of nitrogens with zero attached hydrogens (tertiary/aromatic N) is 1. The molecule has 1 aliphatic heterocycles. The molecule has 1 aliphatic carbocycles. The van der Waals surface area contributed by atoms with Crippen LogP contribution in [0.4, 0.5) is 11.4 Å². The van der Waals surface area contributed by atoms with Crippen LogP contribution >= 0.6 is 0 Å². The lowest BCUT2D eigenvalue weighted by molar-refractivity contribution is 0.281. The van der Waals surface area contributed by atoms with Gasteiger partial charge in [0.05, 0.1) is 0 Å². The van der Waals surface area contributed by atoms with Gasteiger partial charge < -0.3 is 10.2 Å². The SMILES string of the molecule is CN(C)C1CCC2=C(C1)c1ccccc1Nc1ccccc12. The number of rotatable bonds is 1. The quantitative estimate of drug-likeness (QED) is 0.814. The van der Waals surface area contributed by atoms with E-state index in [1.54, 1.807) is 0 Å². The third-order valence-electron chi connectivity index (χ3n) is 5.04. The van der Waals surface area contributed by atoms with Gasteiger partial charge in [0.1, 0.15) is 0 Å². The van der Waals surface area contributed by atoms with Gasteiger partial charge in [-0.05, 0) is 56.6 Å². The van der Waals surface area contributed by atoms with E-state index in [-0.39, 0.29) is 0 Å². The summed E-state index contributed by atoms with van der Waals surface area (Å²) in [4.78, 5) is 2.37. The van der Waals surface area contributed by atoms with Crippen molar-refractivity contribution in [2.24, 2.45) is 0 Å². The Kier molecular flexibility index (Phi) is 3.27. The maximum Gasteiger partial charge on any atom is 0.0460 e. The lowest BCUT2D eigenvalue weighted by Crippen LogP contribution is -2.30. The summed E-state index contributed by atoms with van der Waals surface area (Å²) in [6, 6.07) is 18.1. The summed E-state index contributed by atoms with van der Waals surface area (Å²) in [7, 11) is 4.40. The lowest BCUT2D eigenvalue weighted by atomic mass is 9.81. The molecule has 0 radical (unpaired) electrons. The highest BCUT2D eigenvalue weighted by Gasteiger charge is 2.28. The van der Waals surface area contributed by atoms with Crippen LogP contribution in [-0.2, 0) is 0 Å². The summed E-state index contributed by atoms with van der Waals surface area (Å²) >= 11 is 0. The predicted octanol–water partition coefficient (Wildman–Crippen LogP) is 4.77. The molecule has 1 unspecified atom stereocenters. The average molecular weight is 290 g/mol. The maximum atomic E-state index is 3.65. The molecule has 4 rings (SSSR count). The van der Waals surface area contributed by atoms with Crippen molar-refractivity contribution in [3.8, 4) is 0 Å². The Labute approximate surface area is 132 Å². The third-order valence-corrected chi connectivity index (χ3v) is 5.04. The molecular weight excluding hydrogens is 268 g/mol. The van der Waals surface area contributed by atoms with Crippen LogP contribution in [0.15, 0.2) is 48.5 Å². The van der Waals surface area contributed by atoms with Crippen molar-refractivity contribution in [2.75, 3.05) is 19.4 Å². The first-order chi connectivity index (χ1) is 10.7. The summed E-state index contributed by atoms with van der Waals surface area (Å²) in [5.74, 6) is 0. The molecule has 2 nitrogen and oxygen atoms in total. The zero-order chi connectivity index (χ0) is 15.1. The summed E-state index contributed by atoms with van der Waals surface area (Å²) in [5, 5.41) is 3.65. The number of para-hydroxylation sites is 2. The topological polar surface area (TPSA) is 15.3 Å². The highest BCUT2D eigenvalue weighted by atomic mass is 15.1. The second kappa shape index (κ2) is 5.29. The Hall–Kier alpha value is -2.06. The minimum absolute atomic E-state index is 0.636. The lowest BCUT2D eigenvalue weighted by Gasteiger charge is -2.32. The maximum absolute atomic E-state index is 3.65. The van der Waals surface area contributed by atoms with Gasteiger partial charge in [-0.15, -0.1) is 0 Å². The van der Waals surface area contributed by atoms with Gasteiger partial charge in [0.15, 0.2) is 0 Å². The number of anilines is 2. The zero-order valence-corrected chi connectivity index (χ0v) is 13.3. The molecule has 22 heavy (non-hydrogen) atoms. The molecular formula is C20H22N2. The van der Waals surface area contributed by atoms with E-state index in [9.17, 15) is 0 Å². The van der Waals surface area contributed by atoms with Crippen LogP contribution in [0.3, 0.4) is 0 Å². The molecule has 1 heterocycles. The smallest absolute Gasteiger partial charge is 0.0460 e. The summed E-state index contributed by atoms with van der Waals surface area (Å²) in [6.07, 6.45) is 3.53. The van der Waals surface area contributed by atoms with Crippen molar-refractivity contribution in [2.45, 2.75) is 25.3 Å². The second-order valence-electron chi connectivity index (χ2n) is 6.53. The number of hydrogen-bond acceptors (Lipinski definition) is 2. The predicted molar refractivity (Wildman–Crippen MR) is 94.3 cm³/mol. The fourth-order valence-electron chi connectivity index (χ4n) is 3.79. The van der Waals surface area contributed by atoms with Crippen LogP contribution in [0.5, 0.6) is 0 Å². The molecule has 0 spiro atoms. The Morgan fingerprint density at radius 2 is 1.45 bits per heavy atom. The molecule has 0 saturated carbocycles. The van der Waals surface area contributed by atoms with E-state index in [2.05, 4.69) is 72.8 Å². The van der Waals surface area contributed by atoms with E-state index in [4.69, 9.17) is 0 Å². The summed E-state index contributed by atoms with van der Waals surface area (Å²) in [5.41, 5.74) is 8.29. The Morgan fingerprint density at radius 1 is 0.864 bits per heavy atom. The largest absolute Gasteiger partial charge is 0.355 e. The fraction of sp³-hybridized carbons (Fsp3) is 0.300. The van der Waals surface area contributed by atoms with Crippen molar-refractivity contribution in [1.82, 2.24) is 4.90 Å². The van der Waals surface area contributed by atoms with E-state index in [0.29, 0.717) is 6.04 Å². The zero-order valence-electron chi connectivity index (χ0n) is 13.3. The van der Waals surface area contributed by atoms with E-state index >= 15 is 0 Å². The average Bonchev–Trinajstić information content (AvgIpc) is 2.69. The standard InChI is InChI=1S/C20H22N2/c1-22(2)14-11-12-15-16-7-3-5-9-19(16)21-20-10-6-4-8-17(20)18(15)13-14/h3-10,14,21H,11-13H2,1-2H3. The number of fused-ring (bicyclic) bond motifs is 4. The van der Waals surface area contributed by atoms with Gasteiger partial charge in [-0.25, -0.2) is 0 Å². The number of hydrogen-bond donors (Lipinski definition) is 1. The molecule has 2 aromatic rings. The molecule has 2 aliphatic rings. The van der Waals surface area contributed by atoms with Crippen LogP contribution in [-0.4, -0.2) is 25.0 Å². The molecule has 2 aromatic carbocycles. The molecule has 0 bridgehead atoms. The van der Waals surface area contributed by atoms with Crippen LogP contribution in [0.1, 0.15) is 30.4 Å². The second-order valence-corrected chi connectivity index (χ2v) is 6.53. The molecule has 0 saturated heterocycles. The van der Waals surface area contributed by atoms with E-state index in [1.807, 2.05) is 0 Å². The van der Waals surface area contributed by atoms with E-state index < -0.39 is 0 Å². The van der Waals surface area contributed by atoms with Gasteiger partial charge in [-0.2, -0.15) is 0 Å². The highest BCUT2D eigenvalue weighted by molar-refractivity contribution is 6.01. The first-order valence-electron chi connectivity index (χ1n) is 8.08. The third kappa shape index (κ3) is 2.15. The van der Waals surface area contributed by atoms with E-state index in [0.717, 1.165) is 12.8 Å². The minimum Gasteiger partial charge on any atom is -0.355 e. The Bertz CT molecular complexity index is 743. The van der Waals surface area contributed by atoms with Gasteiger partial charge in [-0.3, -0.25) is 0 Å². The van der Waals surface area contributed by atoms with Crippen LogP contribution in [0.25, 0.3) is 11.1 Å². The minimum atomic E-state index is 0.636. The van der Waals surface area contributed by atoms with Gasteiger partial charge in [-0.1, -0.05) is 36.4 Å². The molecule has 0 amide bonds. The first kappa shape index (κ1) is 13.6. The van der Waals surface area contributed by atoms with Crippen LogP contribution in [0, 0.1) is 0 Å². The molecule has 1 N–H and O–H groups in total. The normalized spacial score (nSPS) is 19.9. The summed E-state index contributed by atoms with van der Waals surface area (Å²) < 4.78 is 0. The fourth-order valence-corrected chi connectivity index (χ4v) is 3.79. The van der Waals surface area contributed by atoms with Gasteiger partial charge in [0.2, 0.25) is 0 Å². The molecule has 2 heteroatoms. The monoisotopic (exact) mass is 290 g/mol. The van der Waals surface area contributed by atoms with Crippen molar-refractivity contribution in [3.63, 3.8) is 0 Å². The Balaban J connectivity index is 1.93. The Morgan fingerprint density at radius 3 is 2.09 bits per heavy atom. The molecule has 1 atom stereocenters. The van der Waals surface area contributed by atoms with Crippen molar-refractivity contribution < 1.29 is 0 Å². The van der Waals surface area contributed by atoms with Gasteiger partial charge >= 0.3 is 0 Å². The molecule has 112 valence electrons. The van der Waals surface area contributed by atoms with Crippen molar-refractivity contribution in [1.29, 1.82) is 0 Å². The summed E-state index contributed by atoms with van der Waals surface area (Å²) in [6.45, 7) is 0. The van der Waals surface area contributed by atoms with Crippen LogP contribution < -0.4 is 5.32 Å². The van der Waals surface area contributed by atoms with Gasteiger partial charge in [0.25, 0.3) is 0 Å². The number of allylic oxidation sites excluding steroid dienone is 1. The molecule has 0 fully saturated rings. The first-order valence-corrected chi connectivity index (χ1v) is 8.08. The van der Waals surface area contributed by atoms with E-state index in [1.165, 1.54) is 40.1 Å². The van der Waals surface area contributed by atoms with Crippen LogP contribution in [0.2, 0.25) is 0 Å².